The van der Waals surface area contributed by atoms with E-state index < -0.39 is 0 Å². The fourth-order valence-corrected chi connectivity index (χ4v) is 1.93. The zero-order chi connectivity index (χ0) is 11.4. The third-order valence-electron chi connectivity index (χ3n) is 2.56. The molecule has 1 aromatic rings. The highest BCUT2D eigenvalue weighted by Gasteiger charge is 2.21. The number of nitrogens with one attached hydrogen (secondary N) is 1. The summed E-state index contributed by atoms with van der Waals surface area (Å²) >= 11 is 5.83. The van der Waals surface area contributed by atoms with Crippen LogP contribution in [0.5, 0.6) is 0 Å². The Hall–Kier alpha value is -1.06. The molecule has 1 aliphatic rings. The van der Waals surface area contributed by atoms with Crippen molar-refractivity contribution in [1.82, 2.24) is 0 Å². The van der Waals surface area contributed by atoms with E-state index in [4.69, 9.17) is 16.3 Å². The normalized spacial score (nSPS) is 20.4. The van der Waals surface area contributed by atoms with E-state index >= 15 is 0 Å². The molecule has 86 valence electrons. The maximum absolute atomic E-state index is 11.8. The van der Waals surface area contributed by atoms with Crippen molar-refractivity contribution in [2.45, 2.75) is 25.4 Å². The first-order chi connectivity index (χ1) is 7.75. The molecule has 1 unspecified atom stereocenters. The van der Waals surface area contributed by atoms with E-state index in [9.17, 15) is 4.79 Å². The van der Waals surface area contributed by atoms with Crippen LogP contribution >= 0.6 is 11.6 Å². The van der Waals surface area contributed by atoms with Gasteiger partial charge >= 0.3 is 0 Å². The Kier molecular flexibility index (Phi) is 3.80. The monoisotopic (exact) mass is 239 g/mol. The first-order valence-electron chi connectivity index (χ1n) is 5.44. The summed E-state index contributed by atoms with van der Waals surface area (Å²) < 4.78 is 5.40. The highest BCUT2D eigenvalue weighted by molar-refractivity contribution is 6.30. The second kappa shape index (κ2) is 5.32. The predicted octanol–water partition coefficient (Wildman–Crippen LogP) is 2.85. The van der Waals surface area contributed by atoms with Crippen molar-refractivity contribution in [3.8, 4) is 0 Å². The van der Waals surface area contributed by atoms with Gasteiger partial charge in [0, 0.05) is 17.3 Å². The SMILES string of the molecule is O=C(Nc1cccc(Cl)c1)C1CCCCO1. The number of hydrogen-bond acceptors (Lipinski definition) is 2. The number of hydrogen-bond donors (Lipinski definition) is 1. The Balaban J connectivity index is 1.96. The van der Waals surface area contributed by atoms with Gasteiger partial charge in [0.15, 0.2) is 0 Å². The van der Waals surface area contributed by atoms with Gasteiger partial charge in [0.1, 0.15) is 6.10 Å². The molecular weight excluding hydrogens is 226 g/mol. The van der Waals surface area contributed by atoms with Gasteiger partial charge in [0.05, 0.1) is 0 Å². The number of amides is 1. The lowest BCUT2D eigenvalue weighted by molar-refractivity contribution is -0.129. The van der Waals surface area contributed by atoms with E-state index in [2.05, 4.69) is 5.32 Å². The van der Waals surface area contributed by atoms with E-state index in [1.54, 1.807) is 18.2 Å². The number of anilines is 1. The number of carbonyl (C=O) groups is 1. The van der Waals surface area contributed by atoms with Crippen LogP contribution in [0.4, 0.5) is 5.69 Å². The summed E-state index contributed by atoms with van der Waals surface area (Å²) in [5, 5.41) is 3.42. The molecule has 3 nitrogen and oxygen atoms in total. The van der Waals surface area contributed by atoms with Crippen molar-refractivity contribution < 1.29 is 9.53 Å². The van der Waals surface area contributed by atoms with Crippen molar-refractivity contribution >= 4 is 23.2 Å². The average molecular weight is 240 g/mol. The molecule has 1 heterocycles. The molecule has 1 N–H and O–H groups in total. The number of ether oxygens (including phenoxy) is 1. The Bertz CT molecular complexity index is 375. The molecule has 0 aromatic heterocycles. The minimum atomic E-state index is -0.312. The topological polar surface area (TPSA) is 38.3 Å². The molecule has 0 spiro atoms. The zero-order valence-electron chi connectivity index (χ0n) is 8.91. The number of carbonyl (C=O) groups excluding carboxylic acids is 1. The molecule has 0 saturated carbocycles. The van der Waals surface area contributed by atoms with Crippen molar-refractivity contribution in [3.63, 3.8) is 0 Å². The van der Waals surface area contributed by atoms with Crippen molar-refractivity contribution in [2.24, 2.45) is 0 Å². The smallest absolute Gasteiger partial charge is 0.253 e. The van der Waals surface area contributed by atoms with E-state index in [1.165, 1.54) is 0 Å². The van der Waals surface area contributed by atoms with Gasteiger partial charge in [-0.15, -0.1) is 0 Å². The van der Waals surface area contributed by atoms with Gasteiger partial charge in [0.2, 0.25) is 0 Å². The largest absolute Gasteiger partial charge is 0.368 e. The van der Waals surface area contributed by atoms with Gasteiger partial charge < -0.3 is 10.1 Å². The van der Waals surface area contributed by atoms with Crippen LogP contribution in [-0.2, 0) is 9.53 Å². The summed E-state index contributed by atoms with van der Waals surface area (Å²) in [4.78, 5) is 11.8. The number of halogens is 1. The van der Waals surface area contributed by atoms with Gasteiger partial charge in [0.25, 0.3) is 5.91 Å². The molecule has 16 heavy (non-hydrogen) atoms. The Morgan fingerprint density at radius 3 is 3.00 bits per heavy atom. The number of benzene rings is 1. The summed E-state index contributed by atoms with van der Waals surface area (Å²) in [6.07, 6.45) is 2.58. The minimum absolute atomic E-state index is 0.0815. The first-order valence-corrected chi connectivity index (χ1v) is 5.81. The minimum Gasteiger partial charge on any atom is -0.368 e. The fourth-order valence-electron chi connectivity index (χ4n) is 1.74. The molecule has 0 radical (unpaired) electrons. The highest BCUT2D eigenvalue weighted by Crippen LogP contribution is 2.18. The summed E-state index contributed by atoms with van der Waals surface area (Å²) in [5.74, 6) is -0.0815. The molecule has 1 aromatic carbocycles. The van der Waals surface area contributed by atoms with Crippen molar-refractivity contribution in [3.05, 3.63) is 29.3 Å². The second-order valence-corrected chi connectivity index (χ2v) is 4.29. The summed E-state index contributed by atoms with van der Waals surface area (Å²) in [7, 11) is 0. The van der Waals surface area contributed by atoms with Crippen LogP contribution in [0.3, 0.4) is 0 Å². The molecule has 1 fully saturated rings. The van der Waals surface area contributed by atoms with Crippen LogP contribution in [0.1, 0.15) is 19.3 Å². The maximum atomic E-state index is 11.8. The molecule has 2 rings (SSSR count). The zero-order valence-corrected chi connectivity index (χ0v) is 9.67. The molecular formula is C12H14ClNO2. The van der Waals surface area contributed by atoms with E-state index in [0.29, 0.717) is 17.3 Å². The lowest BCUT2D eigenvalue weighted by Gasteiger charge is -2.21. The lowest BCUT2D eigenvalue weighted by Crippen LogP contribution is -2.33. The van der Waals surface area contributed by atoms with E-state index in [-0.39, 0.29) is 12.0 Å². The van der Waals surface area contributed by atoms with E-state index in [1.807, 2.05) is 6.07 Å². The van der Waals surface area contributed by atoms with Crippen LogP contribution in [0.25, 0.3) is 0 Å². The summed E-state index contributed by atoms with van der Waals surface area (Å²) in [5.41, 5.74) is 0.715. The summed E-state index contributed by atoms with van der Waals surface area (Å²) in [6.45, 7) is 0.674. The third-order valence-corrected chi connectivity index (χ3v) is 2.80. The molecule has 1 amide bonds. The molecule has 1 atom stereocenters. The maximum Gasteiger partial charge on any atom is 0.253 e. The third kappa shape index (κ3) is 2.97. The highest BCUT2D eigenvalue weighted by atomic mass is 35.5. The molecule has 4 heteroatoms. The Morgan fingerprint density at radius 2 is 2.31 bits per heavy atom. The van der Waals surface area contributed by atoms with Gasteiger partial charge in [-0.1, -0.05) is 17.7 Å². The van der Waals surface area contributed by atoms with Crippen LogP contribution < -0.4 is 5.32 Å². The second-order valence-electron chi connectivity index (χ2n) is 3.85. The molecule has 0 bridgehead atoms. The first kappa shape index (κ1) is 11.4. The molecule has 1 saturated heterocycles. The molecule has 0 aliphatic carbocycles. The van der Waals surface area contributed by atoms with E-state index in [0.717, 1.165) is 19.3 Å². The van der Waals surface area contributed by atoms with Gasteiger partial charge in [-0.2, -0.15) is 0 Å². The van der Waals surface area contributed by atoms with Crippen molar-refractivity contribution in [2.75, 3.05) is 11.9 Å². The fraction of sp³-hybridized carbons (Fsp3) is 0.417. The van der Waals surface area contributed by atoms with Gasteiger partial charge in [-0.25, -0.2) is 0 Å². The van der Waals surface area contributed by atoms with Gasteiger partial charge in [-0.3, -0.25) is 4.79 Å². The predicted molar refractivity (Wildman–Crippen MR) is 63.7 cm³/mol. The van der Waals surface area contributed by atoms with Crippen LogP contribution in [0.15, 0.2) is 24.3 Å². The van der Waals surface area contributed by atoms with Crippen LogP contribution in [-0.4, -0.2) is 18.6 Å². The summed E-state index contributed by atoms with van der Waals surface area (Å²) in [6, 6.07) is 7.11. The Labute approximate surface area is 99.7 Å². The van der Waals surface area contributed by atoms with Gasteiger partial charge in [-0.05, 0) is 37.5 Å². The number of rotatable bonds is 2. The standard InChI is InChI=1S/C12H14ClNO2/c13-9-4-3-5-10(8-9)14-12(15)11-6-1-2-7-16-11/h3-5,8,11H,1-2,6-7H2,(H,14,15). The lowest BCUT2D eigenvalue weighted by atomic mass is 10.1. The van der Waals surface area contributed by atoms with Crippen LogP contribution in [0.2, 0.25) is 5.02 Å². The Morgan fingerprint density at radius 1 is 1.44 bits per heavy atom. The average Bonchev–Trinajstić information content (AvgIpc) is 2.30. The quantitative estimate of drug-likeness (QED) is 0.862. The van der Waals surface area contributed by atoms with Crippen LogP contribution in [0, 0.1) is 0 Å². The van der Waals surface area contributed by atoms with Crippen molar-refractivity contribution in [1.29, 1.82) is 0 Å². The molecule has 1 aliphatic heterocycles.